The number of fused-ring (bicyclic) bond motifs is 3. The summed E-state index contributed by atoms with van der Waals surface area (Å²) >= 11 is 0. The first kappa shape index (κ1) is 18.9. The molecule has 0 radical (unpaired) electrons. The van der Waals surface area contributed by atoms with Gasteiger partial charge in [-0.2, -0.15) is 0 Å². The standard InChI is InChI=1S/C23H25F2N3/c1-21(24,25)17-6-7-20(27-15-17)23-11-8-22(9-12-23,10-13-23)16-28-19-5-3-4-18(14-19)26-2/h3-7,14-15,28H,8-13,16H2,1H3. The van der Waals surface area contributed by atoms with Crippen molar-refractivity contribution in [2.45, 2.75) is 56.8 Å². The predicted molar refractivity (Wildman–Crippen MR) is 107 cm³/mol. The van der Waals surface area contributed by atoms with Crippen molar-refractivity contribution in [3.63, 3.8) is 0 Å². The third kappa shape index (κ3) is 3.48. The molecule has 0 amide bonds. The molecule has 3 nitrogen and oxygen atoms in total. The summed E-state index contributed by atoms with van der Waals surface area (Å²) < 4.78 is 26.9. The van der Waals surface area contributed by atoms with Gasteiger partial charge in [-0.3, -0.25) is 4.98 Å². The van der Waals surface area contributed by atoms with Crippen molar-refractivity contribution in [2.24, 2.45) is 5.41 Å². The normalized spacial score (nSPS) is 26.6. The fourth-order valence-electron chi connectivity index (χ4n) is 4.85. The highest BCUT2D eigenvalue weighted by molar-refractivity contribution is 5.57. The lowest BCUT2D eigenvalue weighted by molar-refractivity contribution is 0.0167. The zero-order chi connectivity index (χ0) is 19.8. The van der Waals surface area contributed by atoms with E-state index in [2.05, 4.69) is 15.1 Å². The van der Waals surface area contributed by atoms with Gasteiger partial charge in [0.05, 0.1) is 6.57 Å². The van der Waals surface area contributed by atoms with Crippen molar-refractivity contribution in [1.82, 2.24) is 4.98 Å². The SMILES string of the molecule is [C-]#[N+]c1cccc(NCC23CCC(c4ccc(C(C)(F)F)cn4)(CC2)CC3)c1. The van der Waals surface area contributed by atoms with E-state index >= 15 is 0 Å². The summed E-state index contributed by atoms with van der Waals surface area (Å²) in [6.07, 6.45) is 7.90. The zero-order valence-electron chi connectivity index (χ0n) is 16.1. The van der Waals surface area contributed by atoms with Gasteiger partial charge in [0.1, 0.15) is 0 Å². The molecule has 1 aromatic carbocycles. The lowest BCUT2D eigenvalue weighted by atomic mass is 9.52. The van der Waals surface area contributed by atoms with Crippen LogP contribution in [0.2, 0.25) is 0 Å². The van der Waals surface area contributed by atoms with Crippen LogP contribution in [0.25, 0.3) is 4.85 Å². The highest BCUT2D eigenvalue weighted by atomic mass is 19.3. The second-order valence-corrected chi connectivity index (χ2v) is 8.62. The minimum atomic E-state index is -2.84. The Morgan fingerprint density at radius 1 is 1.11 bits per heavy atom. The summed E-state index contributed by atoms with van der Waals surface area (Å²) in [5.41, 5.74) is 2.95. The number of anilines is 1. The zero-order valence-corrected chi connectivity index (χ0v) is 16.1. The summed E-state index contributed by atoms with van der Waals surface area (Å²) in [6.45, 7) is 8.98. The molecule has 1 N–H and O–H groups in total. The van der Waals surface area contributed by atoms with Gasteiger partial charge >= 0.3 is 0 Å². The number of alkyl halides is 2. The van der Waals surface area contributed by atoms with E-state index in [-0.39, 0.29) is 16.4 Å². The number of hydrogen-bond donors (Lipinski definition) is 1. The highest BCUT2D eigenvalue weighted by Gasteiger charge is 2.49. The molecule has 28 heavy (non-hydrogen) atoms. The average molecular weight is 381 g/mol. The summed E-state index contributed by atoms with van der Waals surface area (Å²) in [7, 11) is 0. The maximum Gasteiger partial charge on any atom is 0.272 e. The van der Waals surface area contributed by atoms with Crippen molar-refractivity contribution >= 4 is 11.4 Å². The number of benzene rings is 1. The molecule has 1 heterocycles. The lowest BCUT2D eigenvalue weighted by Gasteiger charge is -2.53. The molecule has 3 aliphatic rings. The Bertz CT molecular complexity index is 869. The highest BCUT2D eigenvalue weighted by Crippen LogP contribution is 2.57. The van der Waals surface area contributed by atoms with Gasteiger partial charge in [-0.05, 0) is 68.2 Å². The van der Waals surface area contributed by atoms with Crippen LogP contribution in [0.3, 0.4) is 0 Å². The second-order valence-electron chi connectivity index (χ2n) is 8.62. The number of aromatic nitrogens is 1. The van der Waals surface area contributed by atoms with Crippen LogP contribution in [-0.2, 0) is 11.3 Å². The van der Waals surface area contributed by atoms with Crippen molar-refractivity contribution in [3.8, 4) is 0 Å². The van der Waals surface area contributed by atoms with Crippen molar-refractivity contribution in [1.29, 1.82) is 0 Å². The smallest absolute Gasteiger partial charge is 0.272 e. The molecule has 0 aliphatic heterocycles. The Labute approximate surface area is 165 Å². The first-order valence-corrected chi connectivity index (χ1v) is 9.91. The molecular formula is C23H25F2N3. The molecule has 5 heteroatoms. The third-order valence-electron chi connectivity index (χ3n) is 6.86. The van der Waals surface area contributed by atoms with E-state index in [1.807, 2.05) is 30.3 Å². The van der Waals surface area contributed by atoms with E-state index in [0.717, 1.165) is 63.4 Å². The number of pyridine rings is 1. The summed E-state index contributed by atoms with van der Waals surface area (Å²) in [5.74, 6) is -2.84. The van der Waals surface area contributed by atoms with Crippen molar-refractivity contribution < 1.29 is 8.78 Å². The van der Waals surface area contributed by atoms with E-state index < -0.39 is 5.92 Å². The van der Waals surface area contributed by atoms with Crippen LogP contribution >= 0.6 is 0 Å². The Morgan fingerprint density at radius 2 is 1.82 bits per heavy atom. The molecule has 0 spiro atoms. The van der Waals surface area contributed by atoms with Gasteiger partial charge in [-0.25, -0.2) is 13.6 Å². The Balaban J connectivity index is 1.43. The molecule has 2 aromatic rings. The van der Waals surface area contributed by atoms with E-state index in [1.165, 1.54) is 6.20 Å². The topological polar surface area (TPSA) is 29.3 Å². The molecule has 5 rings (SSSR count). The Hall–Kier alpha value is -2.48. The molecule has 3 fully saturated rings. The molecule has 0 saturated heterocycles. The van der Waals surface area contributed by atoms with Gasteiger partial charge in [0.25, 0.3) is 5.92 Å². The first-order valence-electron chi connectivity index (χ1n) is 9.91. The van der Waals surface area contributed by atoms with Crippen LogP contribution < -0.4 is 5.32 Å². The van der Waals surface area contributed by atoms with Crippen LogP contribution in [0.4, 0.5) is 20.2 Å². The van der Waals surface area contributed by atoms with E-state index in [4.69, 9.17) is 6.57 Å². The molecule has 3 saturated carbocycles. The largest absolute Gasteiger partial charge is 0.386 e. The van der Waals surface area contributed by atoms with Gasteiger partial charge in [0.2, 0.25) is 0 Å². The fraction of sp³-hybridized carbons (Fsp3) is 0.478. The van der Waals surface area contributed by atoms with Gasteiger partial charge in [-0.15, -0.1) is 0 Å². The van der Waals surface area contributed by atoms with E-state index in [0.29, 0.717) is 5.69 Å². The molecule has 146 valence electrons. The van der Waals surface area contributed by atoms with Crippen molar-refractivity contribution in [3.05, 3.63) is 65.3 Å². The van der Waals surface area contributed by atoms with Gasteiger partial charge in [0.15, 0.2) is 5.69 Å². The quantitative estimate of drug-likeness (QED) is 0.603. The first-order chi connectivity index (χ1) is 13.3. The summed E-state index contributed by atoms with van der Waals surface area (Å²) in [5, 5.41) is 3.54. The van der Waals surface area contributed by atoms with E-state index in [1.54, 1.807) is 6.07 Å². The number of halogens is 2. The third-order valence-corrected chi connectivity index (χ3v) is 6.86. The predicted octanol–water partition coefficient (Wildman–Crippen LogP) is 6.45. The fourth-order valence-corrected chi connectivity index (χ4v) is 4.85. The second kappa shape index (κ2) is 6.84. The molecule has 3 aliphatic carbocycles. The maximum atomic E-state index is 13.5. The minimum absolute atomic E-state index is 0.0144. The Morgan fingerprint density at radius 3 is 2.39 bits per heavy atom. The number of rotatable bonds is 5. The van der Waals surface area contributed by atoms with Crippen LogP contribution in [-0.4, -0.2) is 11.5 Å². The van der Waals surface area contributed by atoms with E-state index in [9.17, 15) is 8.78 Å². The molecule has 0 unspecified atom stereocenters. The number of hydrogen-bond acceptors (Lipinski definition) is 2. The van der Waals surface area contributed by atoms with Crippen molar-refractivity contribution in [2.75, 3.05) is 11.9 Å². The Kier molecular flexibility index (Phi) is 4.61. The van der Waals surface area contributed by atoms with Crippen LogP contribution in [0.5, 0.6) is 0 Å². The molecule has 0 atom stereocenters. The monoisotopic (exact) mass is 381 g/mol. The summed E-state index contributed by atoms with van der Waals surface area (Å²) in [4.78, 5) is 7.94. The van der Waals surface area contributed by atoms with Crippen LogP contribution in [0, 0.1) is 12.0 Å². The summed E-state index contributed by atoms with van der Waals surface area (Å²) in [6, 6.07) is 11.0. The van der Waals surface area contributed by atoms with Crippen LogP contribution in [0.1, 0.15) is 56.7 Å². The number of nitrogens with zero attached hydrogens (tertiary/aromatic N) is 2. The lowest BCUT2D eigenvalue weighted by Crippen LogP contribution is -2.47. The van der Waals surface area contributed by atoms with Gasteiger partial charge in [0, 0.05) is 42.0 Å². The van der Waals surface area contributed by atoms with Gasteiger partial charge < -0.3 is 5.32 Å². The van der Waals surface area contributed by atoms with Gasteiger partial charge in [-0.1, -0.05) is 12.1 Å². The van der Waals surface area contributed by atoms with Crippen LogP contribution in [0.15, 0.2) is 42.6 Å². The molecular weight excluding hydrogens is 356 g/mol. The average Bonchev–Trinajstić information content (AvgIpc) is 2.73. The molecule has 2 bridgehead atoms. The molecule has 1 aromatic heterocycles. The number of nitrogens with one attached hydrogen (secondary N) is 1. The minimum Gasteiger partial charge on any atom is -0.386 e. The maximum absolute atomic E-state index is 13.5.